The quantitative estimate of drug-likeness (QED) is 0.890. The van der Waals surface area contributed by atoms with Gasteiger partial charge in [0.1, 0.15) is 5.69 Å². The number of nitrogens with two attached hydrogens (primary N) is 1. The number of halogens is 1. The van der Waals surface area contributed by atoms with Gasteiger partial charge >= 0.3 is 0 Å². The van der Waals surface area contributed by atoms with Crippen molar-refractivity contribution in [2.75, 3.05) is 13.1 Å². The number of carbonyl (C=O) groups is 1. The van der Waals surface area contributed by atoms with Crippen LogP contribution in [0.1, 0.15) is 35.4 Å². The summed E-state index contributed by atoms with van der Waals surface area (Å²) in [5, 5.41) is 0. The number of hydrogen-bond donors (Lipinski definition) is 1. The van der Waals surface area contributed by atoms with Crippen LogP contribution in [0.3, 0.4) is 0 Å². The number of carbonyl (C=O) groups excluding carboxylic acids is 1. The van der Waals surface area contributed by atoms with Crippen LogP contribution in [0.4, 0.5) is 0 Å². The molecule has 0 radical (unpaired) electrons. The van der Waals surface area contributed by atoms with Crippen LogP contribution in [0.2, 0.25) is 0 Å². The molecular formula is C13H22ClN3O. The smallest absolute Gasteiger partial charge is 0.270 e. The fourth-order valence-electron chi connectivity index (χ4n) is 2.49. The zero-order chi connectivity index (χ0) is 12.4. The maximum absolute atomic E-state index is 12.5. The Hall–Kier alpha value is -1.00. The first-order valence-electron chi connectivity index (χ1n) is 6.28. The fraction of sp³-hybridized carbons (Fsp3) is 0.615. The first-order chi connectivity index (χ1) is 8.15. The molecule has 0 saturated carbocycles. The molecule has 0 aliphatic carbocycles. The molecule has 18 heavy (non-hydrogen) atoms. The van der Waals surface area contributed by atoms with Gasteiger partial charge in [-0.3, -0.25) is 4.79 Å². The minimum Gasteiger partial charge on any atom is -0.344 e. The van der Waals surface area contributed by atoms with Crippen molar-refractivity contribution >= 4 is 18.3 Å². The van der Waals surface area contributed by atoms with Crippen LogP contribution in [0, 0.1) is 6.92 Å². The second-order valence-electron chi connectivity index (χ2n) is 4.80. The van der Waals surface area contributed by atoms with Gasteiger partial charge in [0.2, 0.25) is 0 Å². The molecule has 2 rings (SSSR count). The highest BCUT2D eigenvalue weighted by Crippen LogP contribution is 2.19. The van der Waals surface area contributed by atoms with Gasteiger partial charge in [0.15, 0.2) is 0 Å². The molecule has 1 aliphatic heterocycles. The fourth-order valence-corrected chi connectivity index (χ4v) is 2.49. The average molecular weight is 272 g/mol. The molecule has 1 atom stereocenters. The van der Waals surface area contributed by atoms with Gasteiger partial charge in [-0.1, -0.05) is 0 Å². The molecule has 1 aliphatic rings. The molecule has 2 heterocycles. The van der Waals surface area contributed by atoms with Crippen molar-refractivity contribution < 1.29 is 4.79 Å². The van der Waals surface area contributed by atoms with E-state index in [0.29, 0.717) is 6.54 Å². The summed E-state index contributed by atoms with van der Waals surface area (Å²) in [5.74, 6) is 0.121. The van der Waals surface area contributed by atoms with E-state index in [1.54, 1.807) is 0 Å². The van der Waals surface area contributed by atoms with Crippen LogP contribution in [-0.4, -0.2) is 34.5 Å². The molecule has 0 aromatic carbocycles. The van der Waals surface area contributed by atoms with Gasteiger partial charge < -0.3 is 15.2 Å². The third-order valence-corrected chi connectivity index (χ3v) is 3.75. The minimum atomic E-state index is 0. The number of aryl methyl sites for hydroxylation is 1. The molecule has 1 unspecified atom stereocenters. The van der Waals surface area contributed by atoms with Gasteiger partial charge in [0.05, 0.1) is 0 Å². The maximum atomic E-state index is 12.5. The average Bonchev–Trinajstić information content (AvgIpc) is 2.69. The van der Waals surface area contributed by atoms with E-state index in [4.69, 9.17) is 5.73 Å². The van der Waals surface area contributed by atoms with Crippen molar-refractivity contribution in [2.45, 2.75) is 32.2 Å². The van der Waals surface area contributed by atoms with Crippen molar-refractivity contribution in [2.24, 2.45) is 12.8 Å². The van der Waals surface area contributed by atoms with Gasteiger partial charge in [-0.2, -0.15) is 0 Å². The molecule has 1 saturated heterocycles. The van der Waals surface area contributed by atoms with E-state index in [9.17, 15) is 4.79 Å². The van der Waals surface area contributed by atoms with Crippen LogP contribution in [0.15, 0.2) is 12.1 Å². The van der Waals surface area contributed by atoms with E-state index >= 15 is 0 Å². The molecule has 5 heteroatoms. The zero-order valence-corrected chi connectivity index (χ0v) is 11.9. The zero-order valence-electron chi connectivity index (χ0n) is 11.1. The third-order valence-electron chi connectivity index (χ3n) is 3.75. The summed E-state index contributed by atoms with van der Waals surface area (Å²) in [6.45, 7) is 3.41. The van der Waals surface area contributed by atoms with Gasteiger partial charge in [-0.05, 0) is 38.3 Å². The van der Waals surface area contributed by atoms with Gasteiger partial charge in [0.25, 0.3) is 5.91 Å². The molecule has 1 aromatic heterocycles. The molecular weight excluding hydrogens is 250 g/mol. The topological polar surface area (TPSA) is 51.3 Å². The largest absolute Gasteiger partial charge is 0.344 e. The number of aromatic nitrogens is 1. The van der Waals surface area contributed by atoms with Gasteiger partial charge in [-0.25, -0.2) is 0 Å². The third kappa shape index (κ3) is 2.70. The second kappa shape index (κ2) is 6.25. The Morgan fingerprint density at radius 1 is 1.44 bits per heavy atom. The molecule has 1 aromatic rings. The minimum absolute atomic E-state index is 0. The molecule has 1 fully saturated rings. The van der Waals surface area contributed by atoms with E-state index in [0.717, 1.165) is 30.8 Å². The molecule has 2 N–H and O–H groups in total. The lowest BCUT2D eigenvalue weighted by molar-refractivity contribution is 0.0613. The number of likely N-dealkylation sites (tertiary alicyclic amines) is 1. The summed E-state index contributed by atoms with van der Waals surface area (Å²) >= 11 is 0. The Labute approximate surface area is 115 Å². The first-order valence-corrected chi connectivity index (χ1v) is 6.28. The van der Waals surface area contributed by atoms with Gasteiger partial charge in [-0.15, -0.1) is 12.4 Å². The lowest BCUT2D eigenvalue weighted by atomic mass is 10.0. The Morgan fingerprint density at radius 3 is 2.72 bits per heavy atom. The van der Waals surface area contributed by atoms with Crippen LogP contribution < -0.4 is 5.73 Å². The monoisotopic (exact) mass is 271 g/mol. The number of hydrogen-bond acceptors (Lipinski definition) is 2. The van der Waals surface area contributed by atoms with E-state index in [1.807, 2.05) is 35.6 Å². The number of amides is 1. The Bertz CT molecular complexity index is 416. The maximum Gasteiger partial charge on any atom is 0.270 e. The number of rotatable bonds is 2. The van der Waals surface area contributed by atoms with Crippen LogP contribution in [-0.2, 0) is 7.05 Å². The first kappa shape index (κ1) is 15.1. The SMILES string of the molecule is Cc1ccc(C(=O)N2CCCCC2CN)n1C.Cl. The lowest BCUT2D eigenvalue weighted by Gasteiger charge is -2.35. The standard InChI is InChI=1S/C13H21N3O.ClH/c1-10-6-7-12(15(10)2)13(17)16-8-4-3-5-11(16)9-14;/h6-7,11H,3-5,8-9,14H2,1-2H3;1H. The number of piperidine rings is 1. The molecule has 0 spiro atoms. The summed E-state index contributed by atoms with van der Waals surface area (Å²) < 4.78 is 1.95. The van der Waals surface area contributed by atoms with Gasteiger partial charge in [0, 0.05) is 31.9 Å². The van der Waals surface area contributed by atoms with E-state index in [2.05, 4.69) is 0 Å². The van der Waals surface area contributed by atoms with Crippen molar-refractivity contribution in [3.05, 3.63) is 23.5 Å². The van der Waals surface area contributed by atoms with Crippen molar-refractivity contribution in [3.63, 3.8) is 0 Å². The van der Waals surface area contributed by atoms with Crippen molar-refractivity contribution in [1.29, 1.82) is 0 Å². The predicted octanol–water partition coefficient (Wildman–Crippen LogP) is 1.71. The van der Waals surface area contributed by atoms with Crippen molar-refractivity contribution in [1.82, 2.24) is 9.47 Å². The molecule has 1 amide bonds. The highest BCUT2D eigenvalue weighted by molar-refractivity contribution is 5.93. The summed E-state index contributed by atoms with van der Waals surface area (Å²) in [5.41, 5.74) is 7.62. The molecule has 0 bridgehead atoms. The highest BCUT2D eigenvalue weighted by atomic mass is 35.5. The van der Waals surface area contributed by atoms with Crippen LogP contribution in [0.5, 0.6) is 0 Å². The Kier molecular flexibility index (Phi) is 5.23. The Balaban J connectivity index is 0.00000162. The number of nitrogens with zero attached hydrogens (tertiary/aromatic N) is 2. The summed E-state index contributed by atoms with van der Waals surface area (Å²) in [6, 6.07) is 4.10. The summed E-state index contributed by atoms with van der Waals surface area (Å²) in [4.78, 5) is 14.4. The molecule has 102 valence electrons. The second-order valence-corrected chi connectivity index (χ2v) is 4.80. The molecule has 4 nitrogen and oxygen atoms in total. The van der Waals surface area contributed by atoms with E-state index in [-0.39, 0.29) is 24.4 Å². The van der Waals surface area contributed by atoms with E-state index in [1.165, 1.54) is 6.42 Å². The normalized spacial score (nSPS) is 19.5. The predicted molar refractivity (Wildman–Crippen MR) is 75.1 cm³/mol. The highest BCUT2D eigenvalue weighted by Gasteiger charge is 2.27. The lowest BCUT2D eigenvalue weighted by Crippen LogP contribution is -2.47. The van der Waals surface area contributed by atoms with E-state index < -0.39 is 0 Å². The van der Waals surface area contributed by atoms with Crippen LogP contribution in [0.25, 0.3) is 0 Å². The summed E-state index contributed by atoms with van der Waals surface area (Å²) in [6.07, 6.45) is 3.30. The van der Waals surface area contributed by atoms with Crippen molar-refractivity contribution in [3.8, 4) is 0 Å². The Morgan fingerprint density at radius 2 is 2.17 bits per heavy atom. The van der Waals surface area contributed by atoms with Crippen LogP contribution >= 0.6 is 12.4 Å². The summed E-state index contributed by atoms with van der Waals surface area (Å²) in [7, 11) is 1.93.